The summed E-state index contributed by atoms with van der Waals surface area (Å²) in [5.41, 5.74) is -0.843. The van der Waals surface area contributed by atoms with E-state index < -0.39 is 28.0 Å². The Kier molecular flexibility index (Phi) is 6.91. The molecule has 0 saturated carbocycles. The van der Waals surface area contributed by atoms with E-state index in [4.69, 9.17) is 32.7 Å². The standard InChI is InChI=1S/C17H21Cl2NO6S/c1-17(2,3)15(21)10-26-16(22)11-8-14(13(19)9-12(11)18)27(23,24)20-4-6-25-7-5-20/h8-9H,4-7,10H2,1-3H3. The summed E-state index contributed by atoms with van der Waals surface area (Å²) in [5, 5.41) is -0.164. The van der Waals surface area contributed by atoms with Gasteiger partial charge in [0.1, 0.15) is 4.90 Å². The van der Waals surface area contributed by atoms with Crippen LogP contribution in [0, 0.1) is 5.41 Å². The Bertz CT molecular complexity index is 842. The average molecular weight is 438 g/mol. The second-order valence-electron chi connectivity index (χ2n) is 7.03. The van der Waals surface area contributed by atoms with Gasteiger partial charge in [0.25, 0.3) is 0 Å². The zero-order valence-electron chi connectivity index (χ0n) is 15.3. The van der Waals surface area contributed by atoms with Gasteiger partial charge in [0.2, 0.25) is 10.0 Å². The van der Waals surface area contributed by atoms with Crippen molar-refractivity contribution in [3.8, 4) is 0 Å². The van der Waals surface area contributed by atoms with Crippen LogP contribution in [-0.2, 0) is 24.3 Å². The van der Waals surface area contributed by atoms with E-state index in [0.717, 1.165) is 6.07 Å². The van der Waals surface area contributed by atoms with Crippen LogP contribution in [0.15, 0.2) is 17.0 Å². The zero-order valence-corrected chi connectivity index (χ0v) is 17.6. The van der Waals surface area contributed by atoms with Gasteiger partial charge in [0.15, 0.2) is 12.4 Å². The summed E-state index contributed by atoms with van der Waals surface area (Å²) in [6.45, 7) is 5.57. The van der Waals surface area contributed by atoms with E-state index >= 15 is 0 Å². The summed E-state index contributed by atoms with van der Waals surface area (Å²) < 4.78 is 37.0. The molecule has 1 saturated heterocycles. The first kappa shape index (κ1) is 22.1. The molecule has 0 atom stereocenters. The van der Waals surface area contributed by atoms with Gasteiger partial charge in [0, 0.05) is 18.5 Å². The van der Waals surface area contributed by atoms with Crippen LogP contribution in [0.5, 0.6) is 0 Å². The largest absolute Gasteiger partial charge is 0.454 e. The second-order valence-corrected chi connectivity index (χ2v) is 9.75. The molecule has 1 aliphatic heterocycles. The van der Waals surface area contributed by atoms with Crippen molar-refractivity contribution in [3.63, 3.8) is 0 Å². The predicted molar refractivity (Wildman–Crippen MR) is 101 cm³/mol. The van der Waals surface area contributed by atoms with Gasteiger partial charge in [0.05, 0.1) is 28.8 Å². The summed E-state index contributed by atoms with van der Waals surface area (Å²) >= 11 is 12.1. The highest BCUT2D eigenvalue weighted by molar-refractivity contribution is 7.89. The Balaban J connectivity index is 2.30. The van der Waals surface area contributed by atoms with Crippen molar-refractivity contribution in [1.82, 2.24) is 4.31 Å². The van der Waals surface area contributed by atoms with Gasteiger partial charge in [-0.1, -0.05) is 44.0 Å². The Morgan fingerprint density at radius 1 is 1.15 bits per heavy atom. The molecule has 0 aromatic heterocycles. The molecule has 10 heteroatoms. The number of nitrogens with zero attached hydrogens (tertiary/aromatic N) is 1. The quantitative estimate of drug-likeness (QED) is 0.657. The van der Waals surface area contributed by atoms with Gasteiger partial charge in [-0.05, 0) is 12.1 Å². The molecule has 0 aliphatic carbocycles. The maximum absolute atomic E-state index is 12.8. The Labute approximate surface area is 168 Å². The molecule has 7 nitrogen and oxygen atoms in total. The maximum Gasteiger partial charge on any atom is 0.340 e. The summed E-state index contributed by atoms with van der Waals surface area (Å²) in [4.78, 5) is 24.0. The molecule has 0 radical (unpaired) electrons. The number of rotatable bonds is 5. The summed E-state index contributed by atoms with van der Waals surface area (Å²) in [7, 11) is -3.93. The number of esters is 1. The molecule has 2 rings (SSSR count). The number of hydrogen-bond donors (Lipinski definition) is 0. The number of morpholine rings is 1. The molecular formula is C17H21Cl2NO6S. The summed E-state index contributed by atoms with van der Waals surface area (Å²) in [6.07, 6.45) is 0. The van der Waals surface area contributed by atoms with Gasteiger partial charge in [-0.25, -0.2) is 13.2 Å². The molecule has 1 aliphatic rings. The molecule has 0 spiro atoms. The number of sulfonamides is 1. The highest BCUT2D eigenvalue weighted by Crippen LogP contribution is 2.31. The van der Waals surface area contributed by atoms with Crippen LogP contribution < -0.4 is 0 Å². The van der Waals surface area contributed by atoms with E-state index in [1.54, 1.807) is 20.8 Å². The Morgan fingerprint density at radius 3 is 2.30 bits per heavy atom. The smallest absolute Gasteiger partial charge is 0.340 e. The molecule has 150 valence electrons. The number of carbonyl (C=O) groups is 2. The second kappa shape index (κ2) is 8.45. The zero-order chi connectivity index (χ0) is 20.4. The molecule has 0 amide bonds. The fourth-order valence-corrected chi connectivity index (χ4v) is 4.47. The van der Waals surface area contributed by atoms with Crippen molar-refractivity contribution in [1.29, 1.82) is 0 Å². The average Bonchev–Trinajstić information content (AvgIpc) is 2.59. The van der Waals surface area contributed by atoms with Crippen molar-refractivity contribution in [2.75, 3.05) is 32.9 Å². The molecule has 27 heavy (non-hydrogen) atoms. The molecule has 0 N–H and O–H groups in total. The summed E-state index contributed by atoms with van der Waals surface area (Å²) in [5.74, 6) is -1.17. The van der Waals surface area contributed by atoms with Crippen LogP contribution in [0.2, 0.25) is 10.0 Å². The number of ketones is 1. The third-order valence-corrected chi connectivity index (χ3v) is 6.68. The van der Waals surface area contributed by atoms with Gasteiger partial charge in [-0.3, -0.25) is 4.79 Å². The Morgan fingerprint density at radius 2 is 1.74 bits per heavy atom. The minimum absolute atomic E-state index is 0.0610. The monoisotopic (exact) mass is 437 g/mol. The fraction of sp³-hybridized carbons (Fsp3) is 0.529. The van der Waals surface area contributed by atoms with Crippen molar-refractivity contribution >= 4 is 45.0 Å². The number of Topliss-reactive ketones (excluding diaryl/α,β-unsaturated/α-hetero) is 1. The number of carbonyl (C=O) groups excluding carboxylic acids is 2. The van der Waals surface area contributed by atoms with Gasteiger partial charge >= 0.3 is 5.97 Å². The number of ether oxygens (including phenoxy) is 2. The van der Waals surface area contributed by atoms with E-state index in [0.29, 0.717) is 0 Å². The molecule has 1 aromatic carbocycles. The first-order chi connectivity index (χ1) is 12.4. The van der Waals surface area contributed by atoms with Crippen LogP contribution in [0.4, 0.5) is 0 Å². The van der Waals surface area contributed by atoms with E-state index in [-0.39, 0.29) is 52.6 Å². The molecule has 0 unspecified atom stereocenters. The highest BCUT2D eigenvalue weighted by atomic mass is 35.5. The van der Waals surface area contributed by atoms with Crippen LogP contribution >= 0.6 is 23.2 Å². The van der Waals surface area contributed by atoms with Crippen molar-refractivity contribution < 1.29 is 27.5 Å². The lowest BCUT2D eigenvalue weighted by Crippen LogP contribution is -2.40. The minimum atomic E-state index is -3.93. The highest BCUT2D eigenvalue weighted by Gasteiger charge is 2.31. The molecule has 1 fully saturated rings. The van der Waals surface area contributed by atoms with E-state index in [9.17, 15) is 18.0 Å². The van der Waals surface area contributed by atoms with Crippen LogP contribution in [-0.4, -0.2) is 57.4 Å². The first-order valence-corrected chi connectivity index (χ1v) is 10.4. The number of hydrogen-bond acceptors (Lipinski definition) is 6. The fourth-order valence-electron chi connectivity index (χ4n) is 2.23. The normalized spacial score (nSPS) is 16.2. The van der Waals surface area contributed by atoms with Crippen molar-refractivity contribution in [2.45, 2.75) is 25.7 Å². The molecule has 1 heterocycles. The minimum Gasteiger partial charge on any atom is -0.454 e. The van der Waals surface area contributed by atoms with E-state index in [1.807, 2.05) is 0 Å². The number of halogens is 2. The van der Waals surface area contributed by atoms with Crippen molar-refractivity contribution in [3.05, 3.63) is 27.7 Å². The van der Waals surface area contributed by atoms with E-state index in [1.165, 1.54) is 10.4 Å². The summed E-state index contributed by atoms with van der Waals surface area (Å²) in [6, 6.07) is 2.26. The lowest BCUT2D eigenvalue weighted by Gasteiger charge is -2.26. The maximum atomic E-state index is 12.8. The van der Waals surface area contributed by atoms with Gasteiger partial charge in [-0.2, -0.15) is 4.31 Å². The SMILES string of the molecule is CC(C)(C)C(=O)COC(=O)c1cc(S(=O)(=O)N2CCOCC2)c(Cl)cc1Cl. The third-order valence-electron chi connectivity index (χ3n) is 4.00. The lowest BCUT2D eigenvalue weighted by molar-refractivity contribution is -0.129. The third kappa shape index (κ3) is 5.20. The van der Waals surface area contributed by atoms with Crippen LogP contribution in [0.3, 0.4) is 0 Å². The van der Waals surface area contributed by atoms with Gasteiger partial charge in [-0.15, -0.1) is 0 Å². The van der Waals surface area contributed by atoms with Crippen LogP contribution in [0.1, 0.15) is 31.1 Å². The van der Waals surface area contributed by atoms with Gasteiger partial charge < -0.3 is 9.47 Å². The predicted octanol–water partition coefficient (Wildman–Crippen LogP) is 2.79. The van der Waals surface area contributed by atoms with Crippen LogP contribution in [0.25, 0.3) is 0 Å². The first-order valence-electron chi connectivity index (χ1n) is 8.22. The topological polar surface area (TPSA) is 90.0 Å². The van der Waals surface area contributed by atoms with E-state index in [2.05, 4.69) is 0 Å². The van der Waals surface area contributed by atoms with Crippen molar-refractivity contribution in [2.24, 2.45) is 5.41 Å². The molecule has 1 aromatic rings. The number of benzene rings is 1. The lowest BCUT2D eigenvalue weighted by atomic mass is 9.91. The Hall–Kier alpha value is -1.19. The molecular weight excluding hydrogens is 417 g/mol. The molecule has 0 bridgehead atoms.